The van der Waals surface area contributed by atoms with Gasteiger partial charge in [-0.3, -0.25) is 4.79 Å². The van der Waals surface area contributed by atoms with Crippen LogP contribution in [0, 0.1) is 12.7 Å². The lowest BCUT2D eigenvalue weighted by Gasteiger charge is -2.26. The lowest BCUT2D eigenvalue weighted by Crippen LogP contribution is -2.36. The summed E-state index contributed by atoms with van der Waals surface area (Å²) in [6.45, 7) is 3.59. The lowest BCUT2D eigenvalue weighted by atomic mass is 10.1. The molecule has 0 spiro atoms. The first-order chi connectivity index (χ1) is 13.1. The summed E-state index contributed by atoms with van der Waals surface area (Å²) in [5, 5.41) is 4.26. The maximum Gasteiger partial charge on any atom is 0.272 e. The van der Waals surface area contributed by atoms with Crippen molar-refractivity contribution in [1.82, 2.24) is 9.88 Å². The number of aryl methyl sites for hydroxylation is 1. The molecule has 0 unspecified atom stereocenters. The fraction of sp³-hybridized carbons (Fsp3) is 0.273. The summed E-state index contributed by atoms with van der Waals surface area (Å²) in [5.41, 5.74) is 3.89. The van der Waals surface area contributed by atoms with E-state index < -0.39 is 0 Å². The summed E-state index contributed by atoms with van der Waals surface area (Å²) < 4.78 is 13.2. The molecule has 1 N–H and O–H groups in total. The van der Waals surface area contributed by atoms with Crippen LogP contribution in [0.25, 0.3) is 10.9 Å². The van der Waals surface area contributed by atoms with Gasteiger partial charge < -0.3 is 10.2 Å². The molecule has 0 aliphatic carbocycles. The van der Waals surface area contributed by atoms with Gasteiger partial charge in [0.05, 0.1) is 11.2 Å². The number of pyridine rings is 1. The number of halogens is 1. The maximum absolute atomic E-state index is 13.2. The number of aromatic nitrogens is 1. The highest BCUT2D eigenvalue weighted by molar-refractivity contribution is 6.00. The van der Waals surface area contributed by atoms with Gasteiger partial charge in [0, 0.05) is 24.2 Å². The molecule has 1 aliphatic heterocycles. The smallest absolute Gasteiger partial charge is 0.272 e. The fourth-order valence-electron chi connectivity index (χ4n) is 3.50. The van der Waals surface area contributed by atoms with Crippen LogP contribution in [-0.4, -0.2) is 28.9 Å². The van der Waals surface area contributed by atoms with Gasteiger partial charge in [-0.05, 0) is 68.7 Å². The molecule has 1 amide bonds. The second kappa shape index (κ2) is 7.35. The van der Waals surface area contributed by atoms with Gasteiger partial charge in [-0.1, -0.05) is 11.6 Å². The Morgan fingerprint density at radius 3 is 2.52 bits per heavy atom. The number of rotatable bonds is 3. The van der Waals surface area contributed by atoms with Crippen molar-refractivity contribution in [2.75, 3.05) is 18.4 Å². The Hall–Kier alpha value is -2.95. The molecular weight excluding hydrogens is 341 g/mol. The molecule has 2 heterocycles. The fourth-order valence-corrected chi connectivity index (χ4v) is 3.50. The number of nitrogens with one attached hydrogen (secondary N) is 1. The predicted molar refractivity (Wildman–Crippen MR) is 106 cm³/mol. The van der Waals surface area contributed by atoms with Gasteiger partial charge in [-0.2, -0.15) is 0 Å². The Balaban J connectivity index is 1.76. The highest BCUT2D eigenvalue weighted by atomic mass is 19.1. The van der Waals surface area contributed by atoms with E-state index in [2.05, 4.69) is 10.3 Å². The number of benzene rings is 2. The standard InChI is InChI=1S/C22H22FN3O/c1-15-5-10-19-18(13-15)20(24-17-8-6-16(23)7-9-17)14-21(25-19)22(27)26-11-3-2-4-12-26/h5-10,13-14H,2-4,11-12H2,1H3,(H,24,25). The third-order valence-electron chi connectivity index (χ3n) is 4.95. The van der Waals surface area contributed by atoms with Crippen LogP contribution >= 0.6 is 0 Å². The SMILES string of the molecule is Cc1ccc2nc(C(=O)N3CCCCC3)cc(Nc3ccc(F)cc3)c2c1. The van der Waals surface area contributed by atoms with E-state index in [1.807, 2.05) is 36.1 Å². The van der Waals surface area contributed by atoms with Gasteiger partial charge in [-0.15, -0.1) is 0 Å². The van der Waals surface area contributed by atoms with Crippen molar-refractivity contribution in [3.05, 3.63) is 65.6 Å². The van der Waals surface area contributed by atoms with Crippen molar-refractivity contribution < 1.29 is 9.18 Å². The first kappa shape index (κ1) is 17.5. The molecule has 1 aliphatic rings. The van der Waals surface area contributed by atoms with Gasteiger partial charge in [0.25, 0.3) is 5.91 Å². The number of carbonyl (C=O) groups is 1. The average molecular weight is 363 g/mol. The van der Waals surface area contributed by atoms with E-state index in [0.717, 1.165) is 53.8 Å². The number of hydrogen-bond acceptors (Lipinski definition) is 3. The molecular formula is C22H22FN3O. The number of nitrogens with zero attached hydrogens (tertiary/aromatic N) is 2. The molecule has 3 aromatic rings. The molecule has 1 fully saturated rings. The van der Waals surface area contributed by atoms with Crippen LogP contribution in [0.15, 0.2) is 48.5 Å². The van der Waals surface area contributed by atoms with Crippen LogP contribution in [0.4, 0.5) is 15.8 Å². The van der Waals surface area contributed by atoms with Crippen molar-refractivity contribution in [2.45, 2.75) is 26.2 Å². The quantitative estimate of drug-likeness (QED) is 0.708. The molecule has 0 atom stereocenters. The van der Waals surface area contributed by atoms with Crippen molar-refractivity contribution in [3.8, 4) is 0 Å². The molecule has 4 nitrogen and oxygen atoms in total. The largest absolute Gasteiger partial charge is 0.355 e. The molecule has 0 bridgehead atoms. The topological polar surface area (TPSA) is 45.2 Å². The maximum atomic E-state index is 13.2. The van der Waals surface area contributed by atoms with Crippen LogP contribution in [0.2, 0.25) is 0 Å². The van der Waals surface area contributed by atoms with Gasteiger partial charge in [0.1, 0.15) is 11.5 Å². The Bertz CT molecular complexity index is 979. The van der Waals surface area contributed by atoms with E-state index >= 15 is 0 Å². The van der Waals surface area contributed by atoms with Crippen LogP contribution < -0.4 is 5.32 Å². The molecule has 27 heavy (non-hydrogen) atoms. The van der Waals surface area contributed by atoms with Crippen molar-refractivity contribution in [3.63, 3.8) is 0 Å². The van der Waals surface area contributed by atoms with Crippen LogP contribution in [0.3, 0.4) is 0 Å². The van der Waals surface area contributed by atoms with Crippen LogP contribution in [0.1, 0.15) is 35.3 Å². The van der Waals surface area contributed by atoms with Gasteiger partial charge in [0.15, 0.2) is 0 Å². The molecule has 1 saturated heterocycles. The third kappa shape index (κ3) is 3.77. The minimum Gasteiger partial charge on any atom is -0.355 e. The van der Waals surface area contributed by atoms with Gasteiger partial charge >= 0.3 is 0 Å². The second-order valence-corrected chi connectivity index (χ2v) is 7.06. The monoisotopic (exact) mass is 363 g/mol. The van der Waals surface area contributed by atoms with Gasteiger partial charge in [0.2, 0.25) is 0 Å². The lowest BCUT2D eigenvalue weighted by molar-refractivity contribution is 0.0719. The summed E-state index contributed by atoms with van der Waals surface area (Å²) >= 11 is 0. The summed E-state index contributed by atoms with van der Waals surface area (Å²) in [6.07, 6.45) is 3.25. The number of amides is 1. The normalized spacial score (nSPS) is 14.4. The van der Waals surface area contributed by atoms with Crippen molar-refractivity contribution >= 4 is 28.2 Å². The summed E-state index contributed by atoms with van der Waals surface area (Å²) in [5.74, 6) is -0.309. The summed E-state index contributed by atoms with van der Waals surface area (Å²) in [7, 11) is 0. The van der Waals surface area contributed by atoms with E-state index in [1.54, 1.807) is 12.1 Å². The Morgan fingerprint density at radius 1 is 1.04 bits per heavy atom. The summed E-state index contributed by atoms with van der Waals surface area (Å²) in [6, 6.07) is 14.0. The minimum absolute atomic E-state index is 0.0284. The first-order valence-corrected chi connectivity index (χ1v) is 9.33. The van der Waals surface area contributed by atoms with Gasteiger partial charge in [-0.25, -0.2) is 9.37 Å². The number of carbonyl (C=O) groups excluding carboxylic acids is 1. The minimum atomic E-state index is -0.281. The Morgan fingerprint density at radius 2 is 1.78 bits per heavy atom. The first-order valence-electron chi connectivity index (χ1n) is 9.33. The number of hydrogen-bond donors (Lipinski definition) is 1. The van der Waals surface area contributed by atoms with Crippen LogP contribution in [0.5, 0.6) is 0 Å². The number of piperidine rings is 1. The van der Waals surface area contributed by atoms with E-state index in [1.165, 1.54) is 18.6 Å². The third-order valence-corrected chi connectivity index (χ3v) is 4.95. The van der Waals surface area contributed by atoms with Crippen LogP contribution in [-0.2, 0) is 0 Å². The van der Waals surface area contributed by atoms with E-state index in [9.17, 15) is 9.18 Å². The predicted octanol–water partition coefficient (Wildman–Crippen LogP) is 5.05. The highest BCUT2D eigenvalue weighted by Gasteiger charge is 2.21. The zero-order valence-corrected chi connectivity index (χ0v) is 15.3. The Kier molecular flexibility index (Phi) is 4.75. The van der Waals surface area contributed by atoms with E-state index in [0.29, 0.717) is 5.69 Å². The average Bonchev–Trinajstić information content (AvgIpc) is 2.70. The molecule has 4 rings (SSSR count). The second-order valence-electron chi connectivity index (χ2n) is 7.06. The number of likely N-dealkylation sites (tertiary alicyclic amines) is 1. The van der Waals surface area contributed by atoms with Crippen molar-refractivity contribution in [1.29, 1.82) is 0 Å². The zero-order chi connectivity index (χ0) is 18.8. The highest BCUT2D eigenvalue weighted by Crippen LogP contribution is 2.28. The van der Waals surface area contributed by atoms with Crippen molar-refractivity contribution in [2.24, 2.45) is 0 Å². The summed E-state index contributed by atoms with van der Waals surface area (Å²) in [4.78, 5) is 19.4. The van der Waals surface area contributed by atoms with E-state index in [-0.39, 0.29) is 11.7 Å². The van der Waals surface area contributed by atoms with E-state index in [4.69, 9.17) is 0 Å². The number of anilines is 2. The number of fused-ring (bicyclic) bond motifs is 1. The zero-order valence-electron chi connectivity index (χ0n) is 15.3. The molecule has 5 heteroatoms. The molecule has 1 aromatic heterocycles. The molecule has 2 aromatic carbocycles. The molecule has 138 valence electrons. The Labute approximate surface area is 158 Å². The molecule has 0 radical (unpaired) electrons. The molecule has 0 saturated carbocycles.